The summed E-state index contributed by atoms with van der Waals surface area (Å²) < 4.78 is 39.5. The first-order valence-corrected chi connectivity index (χ1v) is 4.65. The van der Waals surface area contributed by atoms with E-state index in [-0.39, 0.29) is 13.2 Å². The Bertz CT molecular complexity index is 330. The topological polar surface area (TPSA) is 47.0 Å². The highest BCUT2D eigenvalue weighted by Gasteiger charge is 2.27. The number of anilines is 1. The number of hydrogen-bond acceptors (Lipinski definition) is 4. The predicted molar refractivity (Wildman–Crippen MR) is 52.1 cm³/mol. The van der Waals surface area contributed by atoms with Crippen molar-refractivity contribution >= 4 is 5.82 Å². The van der Waals surface area contributed by atoms with Gasteiger partial charge < -0.3 is 10.1 Å². The summed E-state index contributed by atoms with van der Waals surface area (Å²) in [5.74, 6) is 1.17. The summed E-state index contributed by atoms with van der Waals surface area (Å²) in [6, 6.07) is 1.64. The van der Waals surface area contributed by atoms with Crippen LogP contribution in [0.5, 0.6) is 0 Å². The fraction of sp³-hybridized carbons (Fsp3) is 0.556. The van der Waals surface area contributed by atoms with Crippen molar-refractivity contribution in [2.24, 2.45) is 0 Å². The van der Waals surface area contributed by atoms with Crippen LogP contribution in [0.1, 0.15) is 5.82 Å². The molecule has 1 N–H and O–H groups in total. The van der Waals surface area contributed by atoms with Crippen molar-refractivity contribution < 1.29 is 17.9 Å². The Morgan fingerprint density at radius 2 is 2.19 bits per heavy atom. The maximum Gasteiger partial charge on any atom is 0.411 e. The van der Waals surface area contributed by atoms with Gasteiger partial charge in [-0.15, -0.1) is 0 Å². The highest BCUT2D eigenvalue weighted by Crippen LogP contribution is 2.14. The SMILES string of the molecule is Cc1nccc(NCCOCC(F)(F)F)n1. The van der Waals surface area contributed by atoms with Crippen LogP contribution in [0, 0.1) is 6.92 Å². The average molecular weight is 235 g/mol. The summed E-state index contributed by atoms with van der Waals surface area (Å²) in [5.41, 5.74) is 0. The van der Waals surface area contributed by atoms with Crippen LogP contribution >= 0.6 is 0 Å². The molecule has 4 nitrogen and oxygen atoms in total. The zero-order chi connectivity index (χ0) is 12.0. The molecule has 1 rings (SSSR count). The fourth-order valence-electron chi connectivity index (χ4n) is 0.994. The number of ether oxygens (including phenoxy) is 1. The zero-order valence-electron chi connectivity index (χ0n) is 8.71. The predicted octanol–water partition coefficient (Wildman–Crippen LogP) is 1.78. The highest BCUT2D eigenvalue weighted by molar-refractivity contribution is 5.32. The first kappa shape index (κ1) is 12.7. The number of aryl methyl sites for hydroxylation is 1. The molecule has 1 heterocycles. The van der Waals surface area contributed by atoms with Crippen molar-refractivity contribution in [2.45, 2.75) is 13.1 Å². The Balaban J connectivity index is 2.17. The summed E-state index contributed by atoms with van der Waals surface area (Å²) >= 11 is 0. The van der Waals surface area contributed by atoms with E-state index < -0.39 is 12.8 Å². The summed E-state index contributed by atoms with van der Waals surface area (Å²) in [6.45, 7) is 0.748. The molecule has 0 aliphatic rings. The smallest absolute Gasteiger partial charge is 0.370 e. The fourth-order valence-corrected chi connectivity index (χ4v) is 0.994. The van der Waals surface area contributed by atoms with E-state index >= 15 is 0 Å². The third kappa shape index (κ3) is 5.50. The first-order chi connectivity index (χ1) is 7.47. The van der Waals surface area contributed by atoms with E-state index in [1.165, 1.54) is 0 Å². The van der Waals surface area contributed by atoms with Gasteiger partial charge in [-0.3, -0.25) is 0 Å². The van der Waals surface area contributed by atoms with Crippen molar-refractivity contribution in [3.8, 4) is 0 Å². The van der Waals surface area contributed by atoms with Crippen LogP contribution in [0.3, 0.4) is 0 Å². The molecule has 0 aliphatic heterocycles. The molecule has 0 unspecified atom stereocenters. The number of rotatable bonds is 5. The number of halogens is 3. The van der Waals surface area contributed by atoms with Gasteiger partial charge >= 0.3 is 6.18 Å². The van der Waals surface area contributed by atoms with Crippen molar-refractivity contribution in [3.63, 3.8) is 0 Å². The molecule has 0 atom stereocenters. The first-order valence-electron chi connectivity index (χ1n) is 4.65. The standard InChI is InChI=1S/C9H12F3N3O/c1-7-13-3-2-8(15-7)14-4-5-16-6-9(10,11)12/h2-3H,4-6H2,1H3,(H,13,14,15). The number of aromatic nitrogens is 2. The van der Waals surface area contributed by atoms with Gasteiger partial charge in [0.1, 0.15) is 18.2 Å². The Labute approximate surface area is 90.9 Å². The Morgan fingerprint density at radius 1 is 1.44 bits per heavy atom. The van der Waals surface area contributed by atoms with Crippen LogP contribution in [-0.4, -0.2) is 35.9 Å². The van der Waals surface area contributed by atoms with Gasteiger partial charge in [0.2, 0.25) is 0 Å². The molecule has 1 aromatic heterocycles. The van der Waals surface area contributed by atoms with E-state index in [2.05, 4.69) is 20.0 Å². The minimum absolute atomic E-state index is 0.0252. The lowest BCUT2D eigenvalue weighted by molar-refractivity contribution is -0.172. The van der Waals surface area contributed by atoms with Gasteiger partial charge in [-0.1, -0.05) is 0 Å². The highest BCUT2D eigenvalue weighted by atomic mass is 19.4. The second-order valence-electron chi connectivity index (χ2n) is 3.08. The molecule has 90 valence electrons. The van der Waals surface area contributed by atoms with E-state index in [0.717, 1.165) is 0 Å². The molecule has 16 heavy (non-hydrogen) atoms. The summed E-state index contributed by atoms with van der Waals surface area (Å²) in [4.78, 5) is 7.90. The lowest BCUT2D eigenvalue weighted by Gasteiger charge is -2.08. The van der Waals surface area contributed by atoms with E-state index in [1.54, 1.807) is 19.2 Å². The molecule has 0 aromatic carbocycles. The molecule has 0 amide bonds. The number of hydrogen-bond donors (Lipinski definition) is 1. The number of nitrogens with zero attached hydrogens (tertiary/aromatic N) is 2. The van der Waals surface area contributed by atoms with Crippen LogP contribution in [0.2, 0.25) is 0 Å². The number of alkyl halides is 3. The molecule has 0 bridgehead atoms. The van der Waals surface area contributed by atoms with Gasteiger partial charge in [0, 0.05) is 12.7 Å². The summed E-state index contributed by atoms with van der Waals surface area (Å²) in [6.07, 6.45) is -2.70. The molecular formula is C9H12F3N3O. The Hall–Kier alpha value is -1.37. The van der Waals surface area contributed by atoms with Crippen molar-refractivity contribution in [3.05, 3.63) is 18.1 Å². The van der Waals surface area contributed by atoms with Gasteiger partial charge in [0.25, 0.3) is 0 Å². The van der Waals surface area contributed by atoms with Gasteiger partial charge in [-0.2, -0.15) is 13.2 Å². The van der Waals surface area contributed by atoms with Gasteiger partial charge in [0.15, 0.2) is 0 Å². The van der Waals surface area contributed by atoms with Crippen LogP contribution < -0.4 is 5.32 Å². The maximum absolute atomic E-state index is 11.7. The normalized spacial score (nSPS) is 11.5. The Morgan fingerprint density at radius 3 is 2.81 bits per heavy atom. The minimum atomic E-state index is -4.27. The third-order valence-corrected chi connectivity index (χ3v) is 1.59. The lowest BCUT2D eigenvalue weighted by atomic mass is 10.5. The maximum atomic E-state index is 11.7. The van der Waals surface area contributed by atoms with Crippen molar-refractivity contribution in [1.82, 2.24) is 9.97 Å². The largest absolute Gasteiger partial charge is 0.411 e. The molecule has 7 heteroatoms. The molecule has 0 saturated heterocycles. The van der Waals surface area contributed by atoms with E-state index in [4.69, 9.17) is 0 Å². The summed E-state index contributed by atoms with van der Waals surface area (Å²) in [7, 11) is 0. The average Bonchev–Trinajstić information content (AvgIpc) is 2.15. The lowest BCUT2D eigenvalue weighted by Crippen LogP contribution is -2.20. The van der Waals surface area contributed by atoms with Gasteiger partial charge in [-0.05, 0) is 13.0 Å². The van der Waals surface area contributed by atoms with E-state index in [1.807, 2.05) is 0 Å². The van der Waals surface area contributed by atoms with E-state index in [9.17, 15) is 13.2 Å². The van der Waals surface area contributed by atoms with E-state index in [0.29, 0.717) is 11.6 Å². The minimum Gasteiger partial charge on any atom is -0.370 e. The molecular weight excluding hydrogens is 223 g/mol. The quantitative estimate of drug-likeness (QED) is 0.790. The van der Waals surface area contributed by atoms with Crippen LogP contribution in [0.15, 0.2) is 12.3 Å². The molecule has 0 radical (unpaired) electrons. The molecule has 0 fully saturated rings. The van der Waals surface area contributed by atoms with Crippen molar-refractivity contribution in [1.29, 1.82) is 0 Å². The molecule has 0 spiro atoms. The molecule has 0 saturated carbocycles. The second-order valence-corrected chi connectivity index (χ2v) is 3.08. The van der Waals surface area contributed by atoms with Crippen molar-refractivity contribution in [2.75, 3.05) is 25.1 Å². The van der Waals surface area contributed by atoms with Crippen LogP contribution in [0.25, 0.3) is 0 Å². The van der Waals surface area contributed by atoms with Gasteiger partial charge in [0.05, 0.1) is 6.61 Å². The zero-order valence-corrected chi connectivity index (χ0v) is 8.71. The van der Waals surface area contributed by atoms with Crippen LogP contribution in [0.4, 0.5) is 19.0 Å². The third-order valence-electron chi connectivity index (χ3n) is 1.59. The number of nitrogens with one attached hydrogen (secondary N) is 1. The molecule has 1 aromatic rings. The second kappa shape index (κ2) is 5.64. The summed E-state index contributed by atoms with van der Waals surface area (Å²) in [5, 5.41) is 2.83. The van der Waals surface area contributed by atoms with Crippen LogP contribution in [-0.2, 0) is 4.74 Å². The monoisotopic (exact) mass is 235 g/mol. The van der Waals surface area contributed by atoms with Gasteiger partial charge in [-0.25, -0.2) is 9.97 Å². The molecule has 0 aliphatic carbocycles. The Kier molecular flexibility index (Phi) is 4.48.